The van der Waals surface area contributed by atoms with Crippen molar-refractivity contribution in [1.29, 1.82) is 0 Å². The van der Waals surface area contributed by atoms with Crippen molar-refractivity contribution in [2.45, 2.75) is 38.6 Å². The molecule has 0 aliphatic carbocycles. The zero-order chi connectivity index (χ0) is 17.8. The molecule has 1 saturated heterocycles. The molecule has 0 bridgehead atoms. The highest BCUT2D eigenvalue weighted by molar-refractivity contribution is 6.00. The van der Waals surface area contributed by atoms with Gasteiger partial charge < -0.3 is 14.7 Å². The largest absolute Gasteiger partial charge is 0.381 e. The quantitative estimate of drug-likeness (QED) is 0.811. The van der Waals surface area contributed by atoms with Crippen LogP contribution in [-0.4, -0.2) is 34.0 Å². The average Bonchev–Trinajstić information content (AvgIpc) is 3.28. The Balaban J connectivity index is 1.84. The Hall–Kier alpha value is -2.63. The Morgan fingerprint density at radius 2 is 2.28 bits per heavy atom. The first-order valence-electron chi connectivity index (χ1n) is 8.70. The number of carbonyl (C=O) groups is 1. The molecule has 0 radical (unpaired) electrons. The normalized spacial score (nSPS) is 17.1. The number of likely N-dealkylation sites (tertiary alicyclic amines) is 1. The number of hydrogen-bond donors (Lipinski definition) is 1. The van der Waals surface area contributed by atoms with Crippen molar-refractivity contribution in [3.05, 3.63) is 54.2 Å². The summed E-state index contributed by atoms with van der Waals surface area (Å²) in [5.74, 6) is 1.40. The van der Waals surface area contributed by atoms with Gasteiger partial charge in [0, 0.05) is 24.7 Å². The van der Waals surface area contributed by atoms with Crippen molar-refractivity contribution >= 4 is 11.6 Å². The van der Waals surface area contributed by atoms with Crippen molar-refractivity contribution in [1.82, 2.24) is 15.0 Å². The lowest BCUT2D eigenvalue weighted by molar-refractivity contribution is 0.0711. The lowest BCUT2D eigenvalue weighted by Gasteiger charge is -2.23. The van der Waals surface area contributed by atoms with E-state index in [9.17, 15) is 4.79 Å². The fourth-order valence-corrected chi connectivity index (χ4v) is 3.04. The van der Waals surface area contributed by atoms with E-state index in [1.165, 1.54) is 0 Å². The van der Waals surface area contributed by atoms with Crippen LogP contribution in [0.3, 0.4) is 0 Å². The minimum Gasteiger partial charge on any atom is -0.381 e. The molecule has 1 aromatic heterocycles. The fraction of sp³-hybridized carbons (Fsp3) is 0.421. The van der Waals surface area contributed by atoms with E-state index in [0.29, 0.717) is 30.4 Å². The van der Waals surface area contributed by atoms with Crippen LogP contribution in [0.15, 0.2) is 41.4 Å². The maximum absolute atomic E-state index is 13.1. The number of benzene rings is 1. The van der Waals surface area contributed by atoms with Gasteiger partial charge in [0.15, 0.2) is 5.82 Å². The van der Waals surface area contributed by atoms with Crippen LogP contribution in [0.25, 0.3) is 0 Å². The SMILES string of the molecule is C=CCNc1ccccc1C(=O)N1CCCC1c1nc(C(C)C)no1. The third-order valence-corrected chi connectivity index (χ3v) is 4.37. The summed E-state index contributed by atoms with van der Waals surface area (Å²) in [6.45, 7) is 9.05. The van der Waals surface area contributed by atoms with E-state index in [0.717, 1.165) is 18.5 Å². The average molecular weight is 340 g/mol. The van der Waals surface area contributed by atoms with Crippen LogP contribution in [0, 0.1) is 0 Å². The lowest BCUT2D eigenvalue weighted by atomic mass is 10.1. The van der Waals surface area contributed by atoms with Gasteiger partial charge in [0.25, 0.3) is 5.91 Å². The van der Waals surface area contributed by atoms with Crippen LogP contribution in [0.4, 0.5) is 5.69 Å². The summed E-state index contributed by atoms with van der Waals surface area (Å²) in [4.78, 5) is 19.5. The van der Waals surface area contributed by atoms with E-state index >= 15 is 0 Å². The number of nitrogens with one attached hydrogen (secondary N) is 1. The van der Waals surface area contributed by atoms with E-state index in [4.69, 9.17) is 4.52 Å². The summed E-state index contributed by atoms with van der Waals surface area (Å²) >= 11 is 0. The molecule has 0 spiro atoms. The van der Waals surface area contributed by atoms with Crippen molar-refractivity contribution in [2.24, 2.45) is 0 Å². The molecule has 1 N–H and O–H groups in total. The molecule has 0 saturated carbocycles. The summed E-state index contributed by atoms with van der Waals surface area (Å²) in [7, 11) is 0. The molecular weight excluding hydrogens is 316 g/mol. The molecule has 1 aliphatic heterocycles. The van der Waals surface area contributed by atoms with E-state index in [2.05, 4.69) is 22.0 Å². The summed E-state index contributed by atoms with van der Waals surface area (Å²) < 4.78 is 5.44. The van der Waals surface area contributed by atoms with Gasteiger partial charge >= 0.3 is 0 Å². The molecule has 6 nitrogen and oxygen atoms in total. The molecule has 1 amide bonds. The van der Waals surface area contributed by atoms with Crippen LogP contribution in [-0.2, 0) is 0 Å². The third-order valence-electron chi connectivity index (χ3n) is 4.37. The highest BCUT2D eigenvalue weighted by Crippen LogP contribution is 2.33. The number of amides is 1. The number of carbonyl (C=O) groups excluding carboxylic acids is 1. The first kappa shape index (κ1) is 17.2. The smallest absolute Gasteiger partial charge is 0.256 e. The molecule has 1 unspecified atom stereocenters. The van der Waals surface area contributed by atoms with Gasteiger partial charge in [-0.2, -0.15) is 4.98 Å². The van der Waals surface area contributed by atoms with Gasteiger partial charge in [-0.1, -0.05) is 37.2 Å². The molecule has 6 heteroatoms. The predicted molar refractivity (Wildman–Crippen MR) is 96.5 cm³/mol. The van der Waals surface area contributed by atoms with Crippen molar-refractivity contribution in [3.63, 3.8) is 0 Å². The number of nitrogens with zero attached hydrogens (tertiary/aromatic N) is 3. The second kappa shape index (κ2) is 7.51. The van der Waals surface area contributed by atoms with Crippen LogP contribution < -0.4 is 5.32 Å². The topological polar surface area (TPSA) is 71.3 Å². The van der Waals surface area contributed by atoms with Gasteiger partial charge in [-0.3, -0.25) is 4.79 Å². The zero-order valence-corrected chi connectivity index (χ0v) is 14.7. The second-order valence-corrected chi connectivity index (χ2v) is 6.52. The van der Waals surface area contributed by atoms with Gasteiger partial charge in [-0.15, -0.1) is 6.58 Å². The highest BCUT2D eigenvalue weighted by atomic mass is 16.5. The minimum atomic E-state index is -0.153. The summed E-state index contributed by atoms with van der Waals surface area (Å²) in [6, 6.07) is 7.39. The first-order chi connectivity index (χ1) is 12.1. The van der Waals surface area contributed by atoms with Crippen LogP contribution >= 0.6 is 0 Å². The van der Waals surface area contributed by atoms with E-state index in [1.54, 1.807) is 6.08 Å². The van der Waals surface area contributed by atoms with Gasteiger partial charge in [-0.05, 0) is 25.0 Å². The van der Waals surface area contributed by atoms with Crippen LogP contribution in [0.1, 0.15) is 60.7 Å². The predicted octanol–water partition coefficient (Wildman–Crippen LogP) is 3.77. The number of aromatic nitrogens is 2. The molecule has 1 aromatic carbocycles. The summed E-state index contributed by atoms with van der Waals surface area (Å²) in [5, 5.41) is 7.26. The van der Waals surface area contributed by atoms with Gasteiger partial charge in [0.2, 0.25) is 5.89 Å². The second-order valence-electron chi connectivity index (χ2n) is 6.52. The zero-order valence-electron chi connectivity index (χ0n) is 14.7. The summed E-state index contributed by atoms with van der Waals surface area (Å²) in [6.07, 6.45) is 3.54. The standard InChI is InChI=1S/C19H24N4O2/c1-4-11-20-15-9-6-5-8-14(15)19(24)23-12-7-10-16(23)18-21-17(13(2)3)22-25-18/h4-6,8-9,13,16,20H,1,7,10-12H2,2-3H3. The van der Waals surface area contributed by atoms with E-state index < -0.39 is 0 Å². The van der Waals surface area contributed by atoms with Crippen molar-refractivity contribution < 1.29 is 9.32 Å². The minimum absolute atomic E-state index is 0.0149. The number of anilines is 1. The van der Waals surface area contributed by atoms with Crippen molar-refractivity contribution in [3.8, 4) is 0 Å². The van der Waals surface area contributed by atoms with Gasteiger partial charge in [-0.25, -0.2) is 0 Å². The molecule has 1 fully saturated rings. The Bertz CT molecular complexity index is 753. The van der Waals surface area contributed by atoms with Crippen LogP contribution in [0.2, 0.25) is 0 Å². The fourth-order valence-electron chi connectivity index (χ4n) is 3.04. The molecule has 1 atom stereocenters. The first-order valence-corrected chi connectivity index (χ1v) is 8.70. The maximum Gasteiger partial charge on any atom is 0.256 e. The van der Waals surface area contributed by atoms with Gasteiger partial charge in [0.05, 0.1) is 5.56 Å². The number of hydrogen-bond acceptors (Lipinski definition) is 5. The molecule has 132 valence electrons. The molecular formula is C19H24N4O2. The number of para-hydroxylation sites is 1. The Morgan fingerprint density at radius 1 is 1.48 bits per heavy atom. The summed E-state index contributed by atoms with van der Waals surface area (Å²) in [5.41, 5.74) is 1.46. The Morgan fingerprint density at radius 3 is 3.00 bits per heavy atom. The van der Waals surface area contributed by atoms with Crippen LogP contribution in [0.5, 0.6) is 0 Å². The molecule has 1 aliphatic rings. The third kappa shape index (κ3) is 3.57. The Kier molecular flexibility index (Phi) is 5.16. The van der Waals surface area contributed by atoms with E-state index in [1.807, 2.05) is 43.0 Å². The molecule has 2 aromatic rings. The number of rotatable bonds is 6. The lowest BCUT2D eigenvalue weighted by Crippen LogP contribution is -2.31. The molecule has 3 rings (SSSR count). The molecule has 25 heavy (non-hydrogen) atoms. The van der Waals surface area contributed by atoms with E-state index in [-0.39, 0.29) is 17.9 Å². The van der Waals surface area contributed by atoms with Crippen molar-refractivity contribution in [2.75, 3.05) is 18.4 Å². The monoisotopic (exact) mass is 340 g/mol. The molecule has 2 heterocycles. The Labute approximate surface area is 147 Å². The maximum atomic E-state index is 13.1. The van der Waals surface area contributed by atoms with Gasteiger partial charge in [0.1, 0.15) is 6.04 Å². The highest BCUT2D eigenvalue weighted by Gasteiger charge is 2.35.